The van der Waals surface area contributed by atoms with E-state index >= 15 is 0 Å². The number of piperidine rings is 1. The molecule has 1 fully saturated rings. The number of aromatic nitrogens is 2. The Morgan fingerprint density at radius 1 is 1.00 bits per heavy atom. The van der Waals surface area contributed by atoms with Gasteiger partial charge in [-0.25, -0.2) is 0 Å². The van der Waals surface area contributed by atoms with Crippen molar-refractivity contribution in [3.8, 4) is 28.6 Å². The first-order chi connectivity index (χ1) is 15.2. The lowest BCUT2D eigenvalue weighted by atomic mass is 10.1. The summed E-state index contributed by atoms with van der Waals surface area (Å²) in [6.07, 6.45) is 3.88. The highest BCUT2D eigenvalue weighted by Crippen LogP contribution is 2.31. The van der Waals surface area contributed by atoms with Crippen LogP contribution in [0.4, 0.5) is 0 Å². The topological polar surface area (TPSA) is 69.9 Å². The standard InChI is InChI=1S/C23H26ClN3O4/c1-28-21-15-17(5-10-20(21)29-14-13-27-11-3-2-4-12-27)23-25-22(31-26-23)16-30-19-8-6-18(24)7-9-19/h5-10,15H,2-4,11-14,16H2,1H3. The molecule has 1 aliphatic rings. The Morgan fingerprint density at radius 2 is 1.81 bits per heavy atom. The third kappa shape index (κ3) is 5.89. The Balaban J connectivity index is 1.35. The summed E-state index contributed by atoms with van der Waals surface area (Å²) in [7, 11) is 1.62. The first-order valence-electron chi connectivity index (χ1n) is 10.5. The maximum atomic E-state index is 5.96. The van der Waals surface area contributed by atoms with E-state index in [0.717, 1.165) is 25.2 Å². The van der Waals surface area contributed by atoms with E-state index in [-0.39, 0.29) is 6.61 Å². The van der Waals surface area contributed by atoms with E-state index in [2.05, 4.69) is 15.0 Å². The average molecular weight is 444 g/mol. The number of benzene rings is 2. The highest BCUT2D eigenvalue weighted by Gasteiger charge is 2.14. The molecule has 0 spiro atoms. The molecule has 8 heteroatoms. The molecule has 0 N–H and O–H groups in total. The molecule has 0 amide bonds. The molecule has 1 saturated heterocycles. The molecule has 0 radical (unpaired) electrons. The van der Waals surface area contributed by atoms with Gasteiger partial charge in [0.2, 0.25) is 5.82 Å². The smallest absolute Gasteiger partial charge is 0.264 e. The molecular weight excluding hydrogens is 418 g/mol. The van der Waals surface area contributed by atoms with Crippen molar-refractivity contribution in [3.63, 3.8) is 0 Å². The summed E-state index contributed by atoms with van der Waals surface area (Å²) in [5, 5.41) is 4.70. The molecule has 1 aromatic heterocycles. The zero-order valence-electron chi connectivity index (χ0n) is 17.6. The van der Waals surface area contributed by atoms with E-state index in [9.17, 15) is 0 Å². The van der Waals surface area contributed by atoms with Gasteiger partial charge in [-0.1, -0.05) is 23.2 Å². The van der Waals surface area contributed by atoms with Gasteiger partial charge in [-0.05, 0) is 68.4 Å². The van der Waals surface area contributed by atoms with Gasteiger partial charge >= 0.3 is 0 Å². The SMILES string of the molecule is COc1cc(-c2noc(COc3ccc(Cl)cc3)n2)ccc1OCCN1CCCCC1. The van der Waals surface area contributed by atoms with Crippen molar-refractivity contribution in [3.05, 3.63) is 53.4 Å². The van der Waals surface area contributed by atoms with Crippen LogP contribution < -0.4 is 14.2 Å². The van der Waals surface area contributed by atoms with Crippen LogP contribution in [0.2, 0.25) is 5.02 Å². The third-order valence-corrected chi connectivity index (χ3v) is 5.43. The predicted molar refractivity (Wildman–Crippen MR) is 118 cm³/mol. The van der Waals surface area contributed by atoms with Gasteiger partial charge in [0.25, 0.3) is 5.89 Å². The summed E-state index contributed by atoms with van der Waals surface area (Å²) in [6, 6.07) is 12.7. The molecule has 0 atom stereocenters. The van der Waals surface area contributed by atoms with Crippen molar-refractivity contribution in [2.45, 2.75) is 25.9 Å². The first-order valence-corrected chi connectivity index (χ1v) is 10.8. The van der Waals surface area contributed by atoms with Crippen LogP contribution in [0.3, 0.4) is 0 Å². The van der Waals surface area contributed by atoms with E-state index in [1.807, 2.05) is 18.2 Å². The fraction of sp³-hybridized carbons (Fsp3) is 0.391. The maximum absolute atomic E-state index is 5.96. The number of ether oxygens (including phenoxy) is 3. The molecule has 3 aromatic rings. The van der Waals surface area contributed by atoms with Crippen LogP contribution in [0.25, 0.3) is 11.4 Å². The molecule has 0 aliphatic carbocycles. The number of likely N-dealkylation sites (tertiary alicyclic amines) is 1. The van der Waals surface area contributed by atoms with Crippen LogP contribution >= 0.6 is 11.6 Å². The van der Waals surface area contributed by atoms with E-state index in [0.29, 0.717) is 40.6 Å². The number of halogens is 1. The molecule has 2 heterocycles. The predicted octanol–water partition coefficient (Wildman–Crippen LogP) is 4.84. The summed E-state index contributed by atoms with van der Waals surface area (Å²) in [6.45, 7) is 4.03. The second-order valence-electron chi connectivity index (χ2n) is 7.37. The molecular formula is C23H26ClN3O4. The maximum Gasteiger partial charge on any atom is 0.264 e. The highest BCUT2D eigenvalue weighted by molar-refractivity contribution is 6.30. The monoisotopic (exact) mass is 443 g/mol. The van der Waals surface area contributed by atoms with Crippen LogP contribution in [0.15, 0.2) is 47.0 Å². The number of nitrogens with zero attached hydrogens (tertiary/aromatic N) is 3. The van der Waals surface area contributed by atoms with E-state index in [1.54, 1.807) is 31.4 Å². The minimum absolute atomic E-state index is 0.170. The minimum Gasteiger partial charge on any atom is -0.493 e. The van der Waals surface area contributed by atoms with Crippen LogP contribution in [0, 0.1) is 0 Å². The molecule has 164 valence electrons. The first kappa shape index (κ1) is 21.5. The van der Waals surface area contributed by atoms with Crippen molar-refractivity contribution in [1.29, 1.82) is 0 Å². The molecule has 4 rings (SSSR count). The second-order valence-corrected chi connectivity index (χ2v) is 7.81. The second kappa shape index (κ2) is 10.5. The fourth-order valence-corrected chi connectivity index (χ4v) is 3.63. The summed E-state index contributed by atoms with van der Waals surface area (Å²) in [5.41, 5.74) is 0.779. The van der Waals surface area contributed by atoms with E-state index < -0.39 is 0 Å². The quantitative estimate of drug-likeness (QED) is 0.468. The Kier molecular flexibility index (Phi) is 7.27. The van der Waals surface area contributed by atoms with Gasteiger partial charge in [0.1, 0.15) is 12.4 Å². The molecule has 0 bridgehead atoms. The van der Waals surface area contributed by atoms with Crippen molar-refractivity contribution in [2.75, 3.05) is 33.4 Å². The van der Waals surface area contributed by atoms with Crippen LogP contribution in [0.1, 0.15) is 25.2 Å². The lowest BCUT2D eigenvalue weighted by molar-refractivity contribution is 0.180. The van der Waals surface area contributed by atoms with Crippen molar-refractivity contribution >= 4 is 11.6 Å². The highest BCUT2D eigenvalue weighted by atomic mass is 35.5. The summed E-state index contributed by atoms with van der Waals surface area (Å²) < 4.78 is 22.4. The Bertz CT molecular complexity index is 971. The molecule has 0 saturated carbocycles. The van der Waals surface area contributed by atoms with Gasteiger partial charge in [-0.2, -0.15) is 4.98 Å². The lowest BCUT2D eigenvalue weighted by Gasteiger charge is -2.26. The largest absolute Gasteiger partial charge is 0.493 e. The molecule has 1 aliphatic heterocycles. The molecule has 0 unspecified atom stereocenters. The molecule has 7 nitrogen and oxygen atoms in total. The molecule has 2 aromatic carbocycles. The minimum atomic E-state index is 0.170. The van der Waals surface area contributed by atoms with Gasteiger partial charge in [0.15, 0.2) is 18.1 Å². The van der Waals surface area contributed by atoms with Crippen LogP contribution in [0.5, 0.6) is 17.2 Å². The number of hydrogen-bond donors (Lipinski definition) is 0. The molecule has 31 heavy (non-hydrogen) atoms. The van der Waals surface area contributed by atoms with Crippen LogP contribution in [-0.4, -0.2) is 48.4 Å². The normalized spacial score (nSPS) is 14.4. The van der Waals surface area contributed by atoms with Gasteiger partial charge in [-0.15, -0.1) is 0 Å². The zero-order valence-corrected chi connectivity index (χ0v) is 18.3. The Hall–Kier alpha value is -2.77. The van der Waals surface area contributed by atoms with E-state index in [4.69, 9.17) is 30.3 Å². The van der Waals surface area contributed by atoms with Gasteiger partial charge < -0.3 is 18.7 Å². The number of rotatable bonds is 9. The van der Waals surface area contributed by atoms with E-state index in [1.165, 1.54) is 19.3 Å². The van der Waals surface area contributed by atoms with Crippen LogP contribution in [-0.2, 0) is 6.61 Å². The number of methoxy groups -OCH3 is 1. The summed E-state index contributed by atoms with van der Waals surface area (Å²) in [4.78, 5) is 6.85. The summed E-state index contributed by atoms with van der Waals surface area (Å²) >= 11 is 5.88. The van der Waals surface area contributed by atoms with Crippen molar-refractivity contribution < 1.29 is 18.7 Å². The lowest BCUT2D eigenvalue weighted by Crippen LogP contribution is -2.33. The average Bonchev–Trinajstić information content (AvgIpc) is 3.29. The third-order valence-electron chi connectivity index (χ3n) is 5.18. The van der Waals surface area contributed by atoms with Crippen molar-refractivity contribution in [2.24, 2.45) is 0 Å². The zero-order chi connectivity index (χ0) is 21.5. The fourth-order valence-electron chi connectivity index (χ4n) is 3.50. The van der Waals surface area contributed by atoms with Gasteiger partial charge in [-0.3, -0.25) is 4.90 Å². The number of hydrogen-bond acceptors (Lipinski definition) is 7. The Labute approximate surface area is 186 Å². The Morgan fingerprint density at radius 3 is 2.58 bits per heavy atom. The summed E-state index contributed by atoms with van der Waals surface area (Å²) in [5.74, 6) is 2.87. The van der Waals surface area contributed by atoms with Gasteiger partial charge in [0.05, 0.1) is 7.11 Å². The van der Waals surface area contributed by atoms with Gasteiger partial charge in [0, 0.05) is 17.1 Å². The van der Waals surface area contributed by atoms with Crippen molar-refractivity contribution in [1.82, 2.24) is 15.0 Å².